The second-order valence-corrected chi connectivity index (χ2v) is 12.7. The number of piperidine rings is 1. The summed E-state index contributed by atoms with van der Waals surface area (Å²) < 4.78 is 6.88. The number of fused-ring (bicyclic) bond motifs is 6. The Balaban J connectivity index is 1.41. The van der Waals surface area contributed by atoms with E-state index in [4.69, 9.17) is 4.74 Å². The molecule has 1 spiro atoms. The lowest BCUT2D eigenvalue weighted by Crippen LogP contribution is -2.60. The molecule has 6 nitrogen and oxygen atoms in total. The fourth-order valence-corrected chi connectivity index (χ4v) is 9.60. The van der Waals surface area contributed by atoms with Gasteiger partial charge in [0.15, 0.2) is 5.78 Å². The number of aliphatic hydroxyl groups excluding tert-OH is 3. The van der Waals surface area contributed by atoms with Crippen LogP contribution in [-0.2, 0) is 9.53 Å². The van der Waals surface area contributed by atoms with Gasteiger partial charge in [-0.1, -0.05) is 20.8 Å². The van der Waals surface area contributed by atoms with E-state index in [0.29, 0.717) is 30.7 Å². The summed E-state index contributed by atoms with van der Waals surface area (Å²) in [5.41, 5.74) is 0.988. The van der Waals surface area contributed by atoms with Crippen molar-refractivity contribution in [2.24, 2.45) is 40.9 Å². The molecule has 6 aliphatic rings. The average molecular weight is 460 g/mol. The highest BCUT2D eigenvalue weighted by Gasteiger charge is 2.67. The lowest BCUT2D eigenvalue weighted by atomic mass is 9.50. The van der Waals surface area contributed by atoms with Gasteiger partial charge in [0, 0.05) is 28.9 Å². The van der Waals surface area contributed by atoms with Gasteiger partial charge in [-0.05, 0) is 81.2 Å². The Kier molecular flexibility index (Phi) is 5.05. The highest BCUT2D eigenvalue weighted by Crippen LogP contribution is 2.65. The fraction of sp³-hybridized carbons (Fsp3) is 0.889. The number of allylic oxidation sites excluding steroid dienone is 1. The van der Waals surface area contributed by atoms with Crippen molar-refractivity contribution in [3.05, 3.63) is 11.1 Å². The highest BCUT2D eigenvalue weighted by atomic mass is 16.5. The first-order valence-electron chi connectivity index (χ1n) is 13.3. The van der Waals surface area contributed by atoms with E-state index in [1.54, 1.807) is 0 Å². The van der Waals surface area contributed by atoms with Crippen LogP contribution in [0.3, 0.4) is 0 Å². The van der Waals surface area contributed by atoms with Gasteiger partial charge in [-0.15, -0.1) is 0 Å². The molecule has 3 saturated carbocycles. The van der Waals surface area contributed by atoms with Crippen LogP contribution in [0.1, 0.15) is 66.2 Å². The van der Waals surface area contributed by atoms with Crippen molar-refractivity contribution in [2.45, 2.75) is 102 Å². The topological polar surface area (TPSA) is 99.0 Å². The van der Waals surface area contributed by atoms with Gasteiger partial charge in [-0.3, -0.25) is 4.79 Å². The van der Waals surface area contributed by atoms with Crippen molar-refractivity contribution >= 4 is 5.78 Å². The molecule has 2 saturated heterocycles. The zero-order chi connectivity index (χ0) is 23.4. The van der Waals surface area contributed by atoms with Crippen LogP contribution in [0.5, 0.6) is 0 Å². The first kappa shape index (κ1) is 22.7. The van der Waals surface area contributed by atoms with Crippen LogP contribution in [0.2, 0.25) is 0 Å². The number of carbonyl (C=O) groups is 1. The van der Waals surface area contributed by atoms with Gasteiger partial charge < -0.3 is 25.4 Å². The minimum atomic E-state index is -0.775. The molecule has 6 heteroatoms. The lowest BCUT2D eigenvalue weighted by molar-refractivity contribution is -0.187. The van der Waals surface area contributed by atoms with Crippen LogP contribution in [0.4, 0.5) is 0 Å². The Morgan fingerprint density at radius 2 is 1.85 bits per heavy atom. The number of Topliss-reactive ketones (excluding diaryl/α,β-unsaturated/α-hetero) is 1. The third-order valence-corrected chi connectivity index (χ3v) is 11.3. The molecular weight excluding hydrogens is 418 g/mol. The van der Waals surface area contributed by atoms with Crippen molar-refractivity contribution < 1.29 is 24.9 Å². The van der Waals surface area contributed by atoms with Gasteiger partial charge >= 0.3 is 0 Å². The lowest BCUT2D eigenvalue weighted by Gasteiger charge is -2.56. The normalized spacial score (nSPS) is 58.2. The molecule has 0 radical (unpaired) electrons. The van der Waals surface area contributed by atoms with Crippen LogP contribution < -0.4 is 5.32 Å². The van der Waals surface area contributed by atoms with Crippen molar-refractivity contribution in [2.75, 3.05) is 6.54 Å². The molecule has 33 heavy (non-hydrogen) atoms. The molecule has 2 aliphatic heterocycles. The average Bonchev–Trinajstić information content (AvgIpc) is 3.19. The Labute approximate surface area is 197 Å². The molecule has 4 N–H and O–H groups in total. The standard InChI is InChI=1S/C27H41NO5/c1-12-7-20-24(28-11-12)14(3)27(33-20)6-5-16-17-10-19(30)18-8-15(29)9-21(31)26(18,4)23(17)25(32)22(16)13(27)2/h12,14-21,23-24,28-31H,5-11H2,1-4H3/t12-,14+,15-,16-,17-,18?,19-,20+,21+,23+,24-,26+,27-/m0/s1. The number of ketones is 1. The van der Waals surface area contributed by atoms with Gasteiger partial charge in [0.25, 0.3) is 0 Å². The smallest absolute Gasteiger partial charge is 0.163 e. The van der Waals surface area contributed by atoms with Crippen molar-refractivity contribution in [1.82, 2.24) is 5.32 Å². The molecule has 4 aliphatic carbocycles. The summed E-state index contributed by atoms with van der Waals surface area (Å²) in [6.07, 6.45) is 2.46. The quantitative estimate of drug-likeness (QED) is 0.443. The van der Waals surface area contributed by atoms with E-state index < -0.39 is 23.7 Å². The summed E-state index contributed by atoms with van der Waals surface area (Å²) in [5, 5.41) is 36.3. The maximum absolute atomic E-state index is 14.2. The van der Waals surface area contributed by atoms with Crippen LogP contribution in [0.15, 0.2) is 11.1 Å². The molecule has 0 bridgehead atoms. The Bertz CT molecular complexity index is 888. The number of aliphatic hydroxyl groups is 3. The molecule has 0 aromatic heterocycles. The Hall–Kier alpha value is -0.790. The summed E-state index contributed by atoms with van der Waals surface area (Å²) >= 11 is 0. The largest absolute Gasteiger partial charge is 0.393 e. The van der Waals surface area contributed by atoms with Crippen molar-refractivity contribution in [3.63, 3.8) is 0 Å². The molecule has 1 unspecified atom stereocenters. The van der Waals surface area contributed by atoms with E-state index in [9.17, 15) is 20.1 Å². The summed E-state index contributed by atoms with van der Waals surface area (Å²) in [6, 6.07) is 0.331. The molecular formula is C27H41NO5. The van der Waals surface area contributed by atoms with Crippen molar-refractivity contribution in [3.8, 4) is 0 Å². The number of hydrogen-bond acceptors (Lipinski definition) is 6. The minimum absolute atomic E-state index is 0.0677. The van der Waals surface area contributed by atoms with E-state index in [-0.39, 0.29) is 47.6 Å². The van der Waals surface area contributed by atoms with E-state index in [0.717, 1.165) is 37.0 Å². The molecule has 0 amide bonds. The molecule has 5 fully saturated rings. The van der Waals surface area contributed by atoms with Crippen LogP contribution in [0, 0.1) is 40.9 Å². The maximum atomic E-state index is 14.2. The zero-order valence-corrected chi connectivity index (χ0v) is 20.5. The highest BCUT2D eigenvalue weighted by molar-refractivity contribution is 6.02. The van der Waals surface area contributed by atoms with Gasteiger partial charge in [0.05, 0.1) is 30.0 Å². The molecule has 2 heterocycles. The van der Waals surface area contributed by atoms with E-state index in [1.807, 2.05) is 6.92 Å². The summed E-state index contributed by atoms with van der Waals surface area (Å²) in [6.45, 7) is 9.71. The van der Waals surface area contributed by atoms with Gasteiger partial charge in [-0.25, -0.2) is 0 Å². The Morgan fingerprint density at radius 1 is 1.09 bits per heavy atom. The van der Waals surface area contributed by atoms with Crippen LogP contribution in [0.25, 0.3) is 0 Å². The third-order valence-electron chi connectivity index (χ3n) is 11.3. The van der Waals surface area contributed by atoms with Gasteiger partial charge in [0.1, 0.15) is 0 Å². The predicted molar refractivity (Wildman–Crippen MR) is 123 cm³/mol. The van der Waals surface area contributed by atoms with Crippen LogP contribution >= 0.6 is 0 Å². The fourth-order valence-electron chi connectivity index (χ4n) is 9.60. The number of ether oxygens (including phenoxy) is 1. The molecule has 0 aromatic rings. The first-order valence-corrected chi connectivity index (χ1v) is 13.3. The number of nitrogens with one attached hydrogen (secondary N) is 1. The van der Waals surface area contributed by atoms with E-state index in [2.05, 4.69) is 26.1 Å². The zero-order valence-electron chi connectivity index (χ0n) is 20.5. The second-order valence-electron chi connectivity index (χ2n) is 12.7. The summed E-state index contributed by atoms with van der Waals surface area (Å²) in [5.74, 6) is 0.771. The predicted octanol–water partition coefficient (Wildman–Crippen LogP) is 2.20. The van der Waals surface area contributed by atoms with E-state index >= 15 is 0 Å². The molecule has 13 atom stereocenters. The summed E-state index contributed by atoms with van der Waals surface area (Å²) in [7, 11) is 0. The van der Waals surface area contributed by atoms with E-state index in [1.165, 1.54) is 0 Å². The first-order chi connectivity index (χ1) is 15.6. The van der Waals surface area contributed by atoms with Crippen LogP contribution in [-0.4, -0.2) is 63.7 Å². The molecule has 0 aromatic carbocycles. The van der Waals surface area contributed by atoms with Gasteiger partial charge in [0.2, 0.25) is 0 Å². The SMILES string of the molecule is CC1=C2C(=O)[C@H]3[C@@H](C[C@H](O)C4C[C@H](O)C[C@@H](O)[C@@]43C)[C@@H]2CC[C@]12O[C@@H]1C[C@H](C)CN[C@H]1[C@H]2C. The second kappa shape index (κ2) is 7.36. The number of hydrogen-bond donors (Lipinski definition) is 4. The monoisotopic (exact) mass is 459 g/mol. The number of rotatable bonds is 0. The van der Waals surface area contributed by atoms with Gasteiger partial charge in [-0.2, -0.15) is 0 Å². The third kappa shape index (κ3) is 2.82. The van der Waals surface area contributed by atoms with Crippen molar-refractivity contribution in [1.29, 1.82) is 0 Å². The Morgan fingerprint density at radius 3 is 2.61 bits per heavy atom. The number of carbonyl (C=O) groups excluding carboxylic acids is 1. The molecule has 6 rings (SSSR count). The maximum Gasteiger partial charge on any atom is 0.163 e. The minimum Gasteiger partial charge on any atom is -0.393 e. The summed E-state index contributed by atoms with van der Waals surface area (Å²) in [4.78, 5) is 14.2. The molecule has 184 valence electrons.